The van der Waals surface area contributed by atoms with Gasteiger partial charge >= 0.3 is 0 Å². The third kappa shape index (κ3) is 4.64. The molecule has 2 fully saturated rings. The van der Waals surface area contributed by atoms with E-state index in [1.807, 2.05) is 18.3 Å². The molecular weight excluding hydrogens is 416 g/mol. The quantitative estimate of drug-likeness (QED) is 0.615. The minimum absolute atomic E-state index is 0. The van der Waals surface area contributed by atoms with Gasteiger partial charge in [-0.15, -0.1) is 0 Å². The summed E-state index contributed by atoms with van der Waals surface area (Å²) in [5, 5.41) is 7.48. The topological polar surface area (TPSA) is 91.2 Å². The summed E-state index contributed by atoms with van der Waals surface area (Å²) >= 11 is 0. The molecule has 1 aliphatic heterocycles. The Hall–Kier alpha value is -3.20. The second-order valence-corrected chi connectivity index (χ2v) is 8.77. The molecule has 176 valence electrons. The van der Waals surface area contributed by atoms with Gasteiger partial charge in [-0.2, -0.15) is 4.98 Å². The summed E-state index contributed by atoms with van der Waals surface area (Å²) in [6, 6.07) is 6.25. The maximum absolute atomic E-state index is 12.9. The van der Waals surface area contributed by atoms with Crippen LogP contribution in [0.1, 0.15) is 49.6 Å². The van der Waals surface area contributed by atoms with Gasteiger partial charge in [-0.3, -0.25) is 4.79 Å². The summed E-state index contributed by atoms with van der Waals surface area (Å²) in [5.41, 5.74) is 2.61. The first-order valence-corrected chi connectivity index (χ1v) is 11.4. The second kappa shape index (κ2) is 9.74. The molecule has 0 bridgehead atoms. The molecule has 0 radical (unpaired) electrons. The van der Waals surface area contributed by atoms with Gasteiger partial charge in [0.2, 0.25) is 5.95 Å². The first-order chi connectivity index (χ1) is 15.6. The Morgan fingerprint density at radius 3 is 2.55 bits per heavy atom. The lowest BCUT2D eigenvalue weighted by atomic mass is 10.2. The molecule has 0 aromatic carbocycles. The van der Waals surface area contributed by atoms with Crippen LogP contribution in [0.25, 0.3) is 11.0 Å². The van der Waals surface area contributed by atoms with Crippen LogP contribution in [0, 0.1) is 0 Å². The number of nitrogens with zero attached hydrogens (tertiary/aromatic N) is 6. The molecule has 0 atom stereocenters. The lowest BCUT2D eigenvalue weighted by Gasteiger charge is -2.29. The second-order valence-electron chi connectivity index (χ2n) is 8.77. The first-order valence-electron chi connectivity index (χ1n) is 11.4. The maximum atomic E-state index is 12.9. The highest BCUT2D eigenvalue weighted by molar-refractivity contribution is 5.97. The van der Waals surface area contributed by atoms with E-state index in [-0.39, 0.29) is 13.3 Å². The van der Waals surface area contributed by atoms with Gasteiger partial charge in [0.25, 0.3) is 5.91 Å². The van der Waals surface area contributed by atoms with Gasteiger partial charge in [0, 0.05) is 57.9 Å². The van der Waals surface area contributed by atoms with E-state index >= 15 is 0 Å². The van der Waals surface area contributed by atoms with Crippen LogP contribution in [0.2, 0.25) is 0 Å². The molecule has 5 rings (SSSR count). The van der Waals surface area contributed by atoms with E-state index in [0.717, 1.165) is 55.7 Å². The summed E-state index contributed by atoms with van der Waals surface area (Å²) in [6.45, 7) is 3.96. The molecule has 3 aromatic rings. The molecule has 2 N–H and O–H groups in total. The van der Waals surface area contributed by atoms with Crippen molar-refractivity contribution < 1.29 is 4.79 Å². The lowest BCUT2D eigenvalue weighted by molar-refractivity contribution is 0.0815. The number of amides is 1. The Morgan fingerprint density at radius 1 is 1.12 bits per heavy atom. The number of carbonyl (C=O) groups excluding carboxylic acids is 1. The van der Waals surface area contributed by atoms with Crippen molar-refractivity contribution in [2.24, 2.45) is 0 Å². The number of anilines is 3. The van der Waals surface area contributed by atoms with Crippen molar-refractivity contribution in [3.05, 3.63) is 36.3 Å². The van der Waals surface area contributed by atoms with Gasteiger partial charge in [-0.25, -0.2) is 9.97 Å². The van der Waals surface area contributed by atoms with Crippen LogP contribution in [-0.4, -0.2) is 70.6 Å². The molecule has 9 heteroatoms. The van der Waals surface area contributed by atoms with Crippen LogP contribution in [0.5, 0.6) is 0 Å². The van der Waals surface area contributed by atoms with Gasteiger partial charge in [0.05, 0.1) is 11.9 Å². The van der Waals surface area contributed by atoms with Crippen molar-refractivity contribution in [2.75, 3.05) is 50.5 Å². The van der Waals surface area contributed by atoms with E-state index in [9.17, 15) is 4.79 Å². The van der Waals surface area contributed by atoms with E-state index in [1.54, 1.807) is 25.2 Å². The lowest BCUT2D eigenvalue weighted by Crippen LogP contribution is -2.43. The molecule has 0 unspecified atom stereocenters. The Kier molecular flexibility index (Phi) is 6.78. The Labute approximate surface area is 195 Å². The number of fused-ring (bicyclic) bond motifs is 1. The SMILES string of the molecule is C.CN(C)C(=O)c1cc2cnc(Nc3ccc(N4CCNCC4)cn3)nc2n1C1CCCC1. The highest BCUT2D eigenvalue weighted by Gasteiger charge is 2.26. The zero-order valence-electron chi connectivity index (χ0n) is 18.7. The Morgan fingerprint density at radius 2 is 1.88 bits per heavy atom. The number of aromatic nitrogens is 4. The summed E-state index contributed by atoms with van der Waals surface area (Å²) in [5.74, 6) is 1.18. The fraction of sp³-hybridized carbons (Fsp3) is 0.500. The predicted molar refractivity (Wildman–Crippen MR) is 132 cm³/mol. The van der Waals surface area contributed by atoms with Gasteiger partial charge in [0.15, 0.2) is 0 Å². The summed E-state index contributed by atoms with van der Waals surface area (Å²) in [4.78, 5) is 30.6. The van der Waals surface area contributed by atoms with Crippen LogP contribution in [0.3, 0.4) is 0 Å². The molecule has 4 heterocycles. The zero-order chi connectivity index (χ0) is 22.1. The average molecular weight is 451 g/mol. The van der Waals surface area contributed by atoms with Crippen molar-refractivity contribution in [1.29, 1.82) is 0 Å². The van der Waals surface area contributed by atoms with E-state index in [2.05, 4.69) is 36.1 Å². The average Bonchev–Trinajstić information content (AvgIpc) is 3.47. The standard InChI is InChI=1S/C23H30N8O.CH4/c1-29(2)22(32)19-13-16-14-26-23(28-21(16)31(19)17-5-3-4-6-17)27-20-8-7-18(15-25-20)30-11-9-24-10-12-30;/h7-8,13-15,17,24H,3-6,9-12H2,1-2H3,(H,25,26,27,28);1H4. The van der Waals surface area contributed by atoms with E-state index in [1.165, 1.54) is 12.8 Å². The number of pyridine rings is 1. The molecule has 33 heavy (non-hydrogen) atoms. The Bertz CT molecular complexity index is 1100. The van der Waals surface area contributed by atoms with Gasteiger partial charge < -0.3 is 25.0 Å². The van der Waals surface area contributed by atoms with Crippen LogP contribution >= 0.6 is 0 Å². The molecule has 1 saturated carbocycles. The number of rotatable bonds is 5. The predicted octanol–water partition coefficient (Wildman–Crippen LogP) is 3.43. The molecule has 2 aliphatic rings. The Balaban J connectivity index is 0.00000259. The van der Waals surface area contributed by atoms with Gasteiger partial charge in [0.1, 0.15) is 17.2 Å². The number of piperazine rings is 1. The largest absolute Gasteiger partial charge is 0.368 e. The number of hydrogen-bond acceptors (Lipinski definition) is 7. The minimum atomic E-state index is -0.00502. The van der Waals surface area contributed by atoms with E-state index in [4.69, 9.17) is 4.98 Å². The van der Waals surface area contributed by atoms with E-state index in [0.29, 0.717) is 23.5 Å². The van der Waals surface area contributed by atoms with Crippen molar-refractivity contribution in [2.45, 2.75) is 39.2 Å². The van der Waals surface area contributed by atoms with E-state index < -0.39 is 0 Å². The fourth-order valence-electron chi connectivity index (χ4n) is 4.68. The summed E-state index contributed by atoms with van der Waals surface area (Å²) in [6.07, 6.45) is 8.18. The van der Waals surface area contributed by atoms with Crippen molar-refractivity contribution in [3.8, 4) is 0 Å². The molecule has 1 aliphatic carbocycles. The fourth-order valence-corrected chi connectivity index (χ4v) is 4.68. The van der Waals surface area contributed by atoms with Crippen LogP contribution in [-0.2, 0) is 0 Å². The molecule has 1 saturated heterocycles. The number of carbonyl (C=O) groups is 1. The molecule has 1 amide bonds. The zero-order valence-corrected chi connectivity index (χ0v) is 18.7. The minimum Gasteiger partial charge on any atom is -0.368 e. The molecule has 3 aromatic heterocycles. The number of hydrogen-bond donors (Lipinski definition) is 2. The molecule has 0 spiro atoms. The normalized spacial score (nSPS) is 16.6. The van der Waals surface area contributed by atoms with Crippen LogP contribution < -0.4 is 15.5 Å². The number of nitrogens with one attached hydrogen (secondary N) is 2. The highest BCUT2D eigenvalue weighted by Crippen LogP contribution is 2.35. The van der Waals surface area contributed by atoms with Gasteiger partial charge in [-0.05, 0) is 31.0 Å². The van der Waals surface area contributed by atoms with Crippen molar-refractivity contribution in [1.82, 2.24) is 29.7 Å². The molecular formula is C24H34N8O. The first kappa shape index (κ1) is 23.0. The van der Waals surface area contributed by atoms with Crippen molar-refractivity contribution >= 4 is 34.4 Å². The smallest absolute Gasteiger partial charge is 0.270 e. The monoisotopic (exact) mass is 450 g/mol. The maximum Gasteiger partial charge on any atom is 0.270 e. The van der Waals surface area contributed by atoms with Gasteiger partial charge in [-0.1, -0.05) is 20.3 Å². The molecule has 9 nitrogen and oxygen atoms in total. The van der Waals surface area contributed by atoms with Crippen LogP contribution in [0.4, 0.5) is 17.5 Å². The highest BCUT2D eigenvalue weighted by atomic mass is 16.2. The van der Waals surface area contributed by atoms with Crippen LogP contribution in [0.15, 0.2) is 30.6 Å². The van der Waals surface area contributed by atoms with Crippen molar-refractivity contribution in [3.63, 3.8) is 0 Å². The third-order valence-corrected chi connectivity index (χ3v) is 6.36. The third-order valence-electron chi connectivity index (χ3n) is 6.36. The summed E-state index contributed by atoms with van der Waals surface area (Å²) < 4.78 is 2.12. The summed E-state index contributed by atoms with van der Waals surface area (Å²) in [7, 11) is 3.57.